The maximum absolute atomic E-state index is 5.61. The third-order valence-electron chi connectivity index (χ3n) is 2.50. The van der Waals surface area contributed by atoms with Crippen molar-refractivity contribution in [3.05, 3.63) is 35.7 Å². The first kappa shape index (κ1) is 12.4. The Morgan fingerprint density at radius 3 is 2.89 bits per heavy atom. The fourth-order valence-corrected chi connectivity index (χ4v) is 1.71. The summed E-state index contributed by atoms with van der Waals surface area (Å²) in [6, 6.07) is 7.74. The van der Waals surface area contributed by atoms with Gasteiger partial charge in [0.05, 0.1) is 13.6 Å². The lowest BCUT2D eigenvalue weighted by atomic mass is 10.2. The van der Waals surface area contributed by atoms with Gasteiger partial charge in [-0.1, -0.05) is 24.4 Å². The number of nitrogens with zero attached hydrogens (tertiary/aromatic N) is 5. The van der Waals surface area contributed by atoms with Crippen molar-refractivity contribution in [1.29, 1.82) is 0 Å². The van der Waals surface area contributed by atoms with E-state index in [1.165, 1.54) is 4.80 Å². The number of tetrazole rings is 1. The van der Waals surface area contributed by atoms with E-state index in [1.807, 2.05) is 36.2 Å². The van der Waals surface area contributed by atoms with Crippen LogP contribution in [0.15, 0.2) is 24.3 Å². The summed E-state index contributed by atoms with van der Waals surface area (Å²) in [6.07, 6.45) is 0. The monoisotopic (exact) mass is 262 g/mol. The molecule has 0 saturated heterocycles. The Balaban J connectivity index is 2.15. The number of aromatic nitrogens is 4. The molecule has 1 aromatic heterocycles. The van der Waals surface area contributed by atoms with Crippen LogP contribution in [0.3, 0.4) is 0 Å². The summed E-state index contributed by atoms with van der Waals surface area (Å²) in [5.74, 6) is 0.667. The number of anilines is 1. The van der Waals surface area contributed by atoms with Crippen LogP contribution in [0.1, 0.15) is 11.4 Å². The predicted octanol–water partition coefficient (Wildman–Crippen LogP) is 0.481. The molecule has 0 fully saturated rings. The van der Waals surface area contributed by atoms with Gasteiger partial charge in [-0.15, -0.1) is 10.2 Å². The fraction of sp³-hybridized carbons (Fsp3) is 0.273. The van der Waals surface area contributed by atoms with E-state index in [-0.39, 0.29) is 0 Å². The van der Waals surface area contributed by atoms with Crippen LogP contribution in [-0.2, 0) is 13.6 Å². The first-order valence-electron chi connectivity index (χ1n) is 5.40. The number of rotatable bonds is 4. The quantitative estimate of drug-likeness (QED) is 0.808. The topological polar surface area (TPSA) is 72.9 Å². The minimum atomic E-state index is 0.392. The predicted molar refractivity (Wildman–Crippen MR) is 73.2 cm³/mol. The van der Waals surface area contributed by atoms with E-state index in [0.717, 1.165) is 11.3 Å². The summed E-state index contributed by atoms with van der Waals surface area (Å²) in [4.78, 5) is 3.84. The van der Waals surface area contributed by atoms with E-state index >= 15 is 0 Å². The van der Waals surface area contributed by atoms with E-state index in [2.05, 4.69) is 15.4 Å². The summed E-state index contributed by atoms with van der Waals surface area (Å²) < 4.78 is 0. The van der Waals surface area contributed by atoms with Crippen molar-refractivity contribution in [2.24, 2.45) is 12.8 Å². The molecule has 0 radical (unpaired) electrons. The zero-order valence-electron chi connectivity index (χ0n) is 10.2. The highest BCUT2D eigenvalue weighted by Crippen LogP contribution is 2.16. The second kappa shape index (κ2) is 5.09. The van der Waals surface area contributed by atoms with Gasteiger partial charge < -0.3 is 10.6 Å². The minimum absolute atomic E-state index is 0.392. The van der Waals surface area contributed by atoms with Gasteiger partial charge in [0, 0.05) is 18.3 Å². The molecule has 0 bridgehead atoms. The van der Waals surface area contributed by atoms with E-state index in [4.69, 9.17) is 18.0 Å². The van der Waals surface area contributed by atoms with E-state index in [9.17, 15) is 0 Å². The highest BCUT2D eigenvalue weighted by molar-refractivity contribution is 7.80. The van der Waals surface area contributed by atoms with Gasteiger partial charge in [-0.3, -0.25) is 0 Å². The molecule has 0 atom stereocenters. The van der Waals surface area contributed by atoms with Gasteiger partial charge in [0.15, 0.2) is 5.82 Å². The molecule has 2 aromatic rings. The number of nitrogens with two attached hydrogens (primary N) is 1. The second-order valence-corrected chi connectivity index (χ2v) is 4.41. The van der Waals surface area contributed by atoms with Gasteiger partial charge >= 0.3 is 0 Å². The molecule has 94 valence electrons. The minimum Gasteiger partial charge on any atom is -0.389 e. The lowest BCUT2D eigenvalue weighted by molar-refractivity contribution is 0.627. The Morgan fingerprint density at radius 1 is 1.50 bits per heavy atom. The van der Waals surface area contributed by atoms with Crippen molar-refractivity contribution < 1.29 is 0 Å². The molecule has 18 heavy (non-hydrogen) atoms. The average Bonchev–Trinajstić information content (AvgIpc) is 2.75. The van der Waals surface area contributed by atoms with Crippen molar-refractivity contribution in [2.45, 2.75) is 6.54 Å². The van der Waals surface area contributed by atoms with Gasteiger partial charge in [-0.05, 0) is 17.3 Å². The molecule has 7 heteroatoms. The second-order valence-electron chi connectivity index (χ2n) is 3.97. The van der Waals surface area contributed by atoms with E-state index in [1.54, 1.807) is 7.05 Å². The molecular weight excluding hydrogens is 248 g/mol. The molecule has 0 saturated carbocycles. The van der Waals surface area contributed by atoms with Crippen molar-refractivity contribution in [2.75, 3.05) is 11.9 Å². The van der Waals surface area contributed by atoms with Crippen LogP contribution in [0.2, 0.25) is 0 Å². The molecule has 0 unspecified atom stereocenters. The van der Waals surface area contributed by atoms with Crippen LogP contribution in [0.4, 0.5) is 5.69 Å². The summed E-state index contributed by atoms with van der Waals surface area (Å²) >= 11 is 4.96. The molecule has 0 aliphatic carbocycles. The molecule has 0 aliphatic rings. The molecule has 2 N–H and O–H groups in total. The highest BCUT2D eigenvalue weighted by atomic mass is 32.1. The van der Waals surface area contributed by atoms with Crippen LogP contribution in [0, 0.1) is 0 Å². The maximum Gasteiger partial charge on any atom is 0.193 e. The average molecular weight is 262 g/mol. The maximum atomic E-state index is 5.61. The standard InChI is InChI=1S/C11H14N6S/c1-16(7-10-13-15-17(2)14-10)9-5-3-4-8(6-9)11(12)18/h3-6H,7H2,1-2H3,(H2,12,18). The van der Waals surface area contributed by atoms with Crippen LogP contribution >= 0.6 is 12.2 Å². The van der Waals surface area contributed by atoms with Crippen LogP contribution in [0.25, 0.3) is 0 Å². The van der Waals surface area contributed by atoms with Crippen LogP contribution < -0.4 is 10.6 Å². The van der Waals surface area contributed by atoms with E-state index in [0.29, 0.717) is 17.4 Å². The van der Waals surface area contributed by atoms with Gasteiger partial charge in [-0.25, -0.2) is 0 Å². The first-order chi connectivity index (χ1) is 8.56. The Hall–Kier alpha value is -2.02. The smallest absolute Gasteiger partial charge is 0.193 e. The highest BCUT2D eigenvalue weighted by Gasteiger charge is 2.07. The van der Waals surface area contributed by atoms with Gasteiger partial charge in [-0.2, -0.15) is 4.80 Å². The Labute approximate surface area is 110 Å². The van der Waals surface area contributed by atoms with Crippen molar-refractivity contribution >= 4 is 22.9 Å². The summed E-state index contributed by atoms with van der Waals surface area (Å²) in [5, 5.41) is 11.9. The lowest BCUT2D eigenvalue weighted by Gasteiger charge is -2.17. The van der Waals surface area contributed by atoms with E-state index < -0.39 is 0 Å². The normalized spacial score (nSPS) is 10.3. The van der Waals surface area contributed by atoms with Crippen LogP contribution in [0.5, 0.6) is 0 Å². The molecule has 1 heterocycles. The zero-order valence-corrected chi connectivity index (χ0v) is 11.1. The summed E-state index contributed by atoms with van der Waals surface area (Å²) in [6.45, 7) is 0.578. The Kier molecular flexibility index (Phi) is 3.52. The van der Waals surface area contributed by atoms with Gasteiger partial charge in [0.1, 0.15) is 4.99 Å². The van der Waals surface area contributed by atoms with Crippen molar-refractivity contribution in [3.8, 4) is 0 Å². The third-order valence-corrected chi connectivity index (χ3v) is 2.74. The van der Waals surface area contributed by atoms with Crippen molar-refractivity contribution in [1.82, 2.24) is 20.2 Å². The Morgan fingerprint density at radius 2 is 2.28 bits per heavy atom. The third kappa shape index (κ3) is 2.80. The molecule has 1 aromatic carbocycles. The molecular formula is C11H14N6S. The fourth-order valence-electron chi connectivity index (χ4n) is 1.59. The Bertz CT molecular complexity index is 564. The van der Waals surface area contributed by atoms with Gasteiger partial charge in [0.2, 0.25) is 0 Å². The molecule has 0 amide bonds. The number of thiocarbonyl (C=S) groups is 1. The molecule has 2 rings (SSSR count). The zero-order chi connectivity index (χ0) is 13.1. The first-order valence-corrected chi connectivity index (χ1v) is 5.81. The van der Waals surface area contributed by atoms with Crippen LogP contribution in [-0.4, -0.2) is 32.2 Å². The van der Waals surface area contributed by atoms with Crippen molar-refractivity contribution in [3.63, 3.8) is 0 Å². The summed E-state index contributed by atoms with van der Waals surface area (Å²) in [7, 11) is 3.69. The number of hydrogen-bond acceptors (Lipinski definition) is 5. The summed E-state index contributed by atoms with van der Waals surface area (Å²) in [5.41, 5.74) is 7.47. The number of aryl methyl sites for hydroxylation is 1. The van der Waals surface area contributed by atoms with Gasteiger partial charge in [0.25, 0.3) is 0 Å². The number of benzene rings is 1. The lowest BCUT2D eigenvalue weighted by Crippen LogP contribution is -2.18. The SMILES string of the molecule is CN(Cc1nnn(C)n1)c1cccc(C(N)=S)c1. The number of hydrogen-bond donors (Lipinski definition) is 1. The molecule has 6 nitrogen and oxygen atoms in total. The largest absolute Gasteiger partial charge is 0.389 e. The molecule has 0 aliphatic heterocycles. The molecule has 0 spiro atoms.